The normalized spacial score (nSPS) is 14.4. The molecule has 0 N–H and O–H groups in total. The predicted octanol–water partition coefficient (Wildman–Crippen LogP) is 4.66. The quantitative estimate of drug-likeness (QED) is 0.686. The number of nitrogens with zero attached hydrogens (tertiary/aromatic N) is 1. The van der Waals surface area contributed by atoms with Crippen LogP contribution in [0.5, 0.6) is 11.5 Å². The SMILES string of the molecule is COc1cc(-c2ccccc2C)cc2c1OCCN(Cc1ccoc1)C2. The summed E-state index contributed by atoms with van der Waals surface area (Å²) < 4.78 is 16.9. The lowest BCUT2D eigenvalue weighted by molar-refractivity contribution is 0.216. The van der Waals surface area contributed by atoms with Crippen molar-refractivity contribution in [3.63, 3.8) is 0 Å². The molecule has 3 aromatic rings. The third-order valence-corrected chi connectivity index (χ3v) is 4.84. The average molecular weight is 349 g/mol. The molecular weight excluding hydrogens is 326 g/mol. The molecule has 0 atom stereocenters. The van der Waals surface area contributed by atoms with E-state index in [0.29, 0.717) is 6.61 Å². The minimum Gasteiger partial charge on any atom is -0.493 e. The molecule has 4 nitrogen and oxygen atoms in total. The van der Waals surface area contributed by atoms with Gasteiger partial charge in [-0.1, -0.05) is 24.3 Å². The van der Waals surface area contributed by atoms with Gasteiger partial charge in [0.2, 0.25) is 0 Å². The Kier molecular flexibility index (Phi) is 4.67. The lowest BCUT2D eigenvalue weighted by atomic mass is 9.97. The molecule has 2 aromatic carbocycles. The lowest BCUT2D eigenvalue weighted by Crippen LogP contribution is -2.25. The summed E-state index contributed by atoms with van der Waals surface area (Å²) in [6.07, 6.45) is 3.52. The number of rotatable bonds is 4. The first-order valence-electron chi connectivity index (χ1n) is 8.88. The first-order chi connectivity index (χ1) is 12.7. The highest BCUT2D eigenvalue weighted by molar-refractivity contribution is 5.71. The van der Waals surface area contributed by atoms with Crippen LogP contribution in [0.25, 0.3) is 11.1 Å². The van der Waals surface area contributed by atoms with Crippen LogP contribution >= 0.6 is 0 Å². The topological polar surface area (TPSA) is 34.8 Å². The van der Waals surface area contributed by atoms with Crippen molar-refractivity contribution in [1.82, 2.24) is 4.90 Å². The Morgan fingerprint density at radius 1 is 1.15 bits per heavy atom. The van der Waals surface area contributed by atoms with Crippen LogP contribution in [-0.4, -0.2) is 25.2 Å². The number of benzene rings is 2. The highest BCUT2D eigenvalue weighted by Crippen LogP contribution is 2.39. The van der Waals surface area contributed by atoms with Gasteiger partial charge < -0.3 is 13.9 Å². The van der Waals surface area contributed by atoms with Gasteiger partial charge in [0, 0.05) is 30.8 Å². The van der Waals surface area contributed by atoms with Crippen molar-refractivity contribution in [2.24, 2.45) is 0 Å². The number of fused-ring (bicyclic) bond motifs is 1. The van der Waals surface area contributed by atoms with Gasteiger partial charge in [-0.3, -0.25) is 4.90 Å². The Bertz CT molecular complexity index is 886. The number of hydrogen-bond donors (Lipinski definition) is 0. The summed E-state index contributed by atoms with van der Waals surface area (Å²) in [5.41, 5.74) is 5.96. The van der Waals surface area contributed by atoms with Crippen LogP contribution < -0.4 is 9.47 Å². The second-order valence-corrected chi connectivity index (χ2v) is 6.67. The summed E-state index contributed by atoms with van der Waals surface area (Å²) in [5, 5.41) is 0. The zero-order valence-electron chi connectivity index (χ0n) is 15.2. The second kappa shape index (κ2) is 7.26. The van der Waals surface area contributed by atoms with Gasteiger partial charge in [-0.05, 0) is 41.8 Å². The highest BCUT2D eigenvalue weighted by atomic mass is 16.5. The zero-order valence-corrected chi connectivity index (χ0v) is 15.2. The molecule has 4 rings (SSSR count). The van der Waals surface area contributed by atoms with Gasteiger partial charge >= 0.3 is 0 Å². The standard InChI is InChI=1S/C22H23NO3/c1-16-5-3-4-6-20(16)18-11-19-14-23(13-17-7-9-25-15-17)8-10-26-22(19)21(12-18)24-2/h3-7,9,11-12,15H,8,10,13-14H2,1-2H3. The van der Waals surface area contributed by atoms with Crippen molar-refractivity contribution in [2.75, 3.05) is 20.3 Å². The van der Waals surface area contributed by atoms with Crippen LogP contribution in [0.3, 0.4) is 0 Å². The fourth-order valence-corrected chi connectivity index (χ4v) is 3.52. The van der Waals surface area contributed by atoms with Gasteiger partial charge in [0.25, 0.3) is 0 Å². The van der Waals surface area contributed by atoms with Crippen molar-refractivity contribution in [2.45, 2.75) is 20.0 Å². The maximum atomic E-state index is 6.05. The molecule has 1 aliphatic heterocycles. The van der Waals surface area contributed by atoms with E-state index in [2.05, 4.69) is 48.2 Å². The van der Waals surface area contributed by atoms with Gasteiger partial charge in [-0.25, -0.2) is 0 Å². The number of hydrogen-bond acceptors (Lipinski definition) is 4. The average Bonchev–Trinajstić information content (AvgIpc) is 3.07. The van der Waals surface area contributed by atoms with E-state index in [1.54, 1.807) is 19.6 Å². The van der Waals surface area contributed by atoms with Crippen LogP contribution in [0.1, 0.15) is 16.7 Å². The highest BCUT2D eigenvalue weighted by Gasteiger charge is 2.21. The number of methoxy groups -OCH3 is 1. The maximum Gasteiger partial charge on any atom is 0.165 e. The third-order valence-electron chi connectivity index (χ3n) is 4.84. The first kappa shape index (κ1) is 16.7. The summed E-state index contributed by atoms with van der Waals surface area (Å²) in [6, 6.07) is 14.7. The van der Waals surface area contributed by atoms with Crippen molar-refractivity contribution < 1.29 is 13.9 Å². The first-order valence-corrected chi connectivity index (χ1v) is 8.88. The molecule has 0 unspecified atom stereocenters. The Morgan fingerprint density at radius 2 is 2.04 bits per heavy atom. The fourth-order valence-electron chi connectivity index (χ4n) is 3.52. The summed E-state index contributed by atoms with van der Waals surface area (Å²) in [4.78, 5) is 2.37. The lowest BCUT2D eigenvalue weighted by Gasteiger charge is -2.19. The van der Waals surface area contributed by atoms with Gasteiger partial charge in [-0.2, -0.15) is 0 Å². The molecule has 0 aliphatic carbocycles. The number of aryl methyl sites for hydroxylation is 1. The van der Waals surface area contributed by atoms with E-state index in [0.717, 1.165) is 42.3 Å². The van der Waals surface area contributed by atoms with E-state index < -0.39 is 0 Å². The molecule has 0 saturated heterocycles. The van der Waals surface area contributed by atoms with Crippen LogP contribution in [0.15, 0.2) is 59.4 Å². The maximum absolute atomic E-state index is 6.05. The predicted molar refractivity (Wildman–Crippen MR) is 101 cm³/mol. The molecule has 4 heteroatoms. The van der Waals surface area contributed by atoms with Gasteiger partial charge in [0.15, 0.2) is 11.5 Å². The molecule has 0 radical (unpaired) electrons. The number of ether oxygens (including phenoxy) is 2. The zero-order chi connectivity index (χ0) is 17.9. The van der Waals surface area contributed by atoms with Crippen molar-refractivity contribution in [3.05, 3.63) is 71.7 Å². The third kappa shape index (κ3) is 3.33. The number of furan rings is 1. The Balaban J connectivity index is 1.71. The van der Waals surface area contributed by atoms with Crippen LogP contribution in [-0.2, 0) is 13.1 Å². The molecule has 0 fully saturated rings. The largest absolute Gasteiger partial charge is 0.493 e. The Hall–Kier alpha value is -2.72. The molecule has 26 heavy (non-hydrogen) atoms. The summed E-state index contributed by atoms with van der Waals surface area (Å²) >= 11 is 0. The van der Waals surface area contributed by atoms with E-state index in [-0.39, 0.29) is 0 Å². The summed E-state index contributed by atoms with van der Waals surface area (Å²) in [5.74, 6) is 1.66. The molecule has 0 saturated carbocycles. The molecule has 134 valence electrons. The molecule has 1 aliphatic rings. The summed E-state index contributed by atoms with van der Waals surface area (Å²) in [6.45, 7) is 5.30. The van der Waals surface area contributed by atoms with Gasteiger partial charge in [-0.15, -0.1) is 0 Å². The minimum absolute atomic E-state index is 0.644. The minimum atomic E-state index is 0.644. The Labute approximate surface area is 154 Å². The van der Waals surface area contributed by atoms with Crippen LogP contribution in [0, 0.1) is 6.92 Å². The Morgan fingerprint density at radius 3 is 2.81 bits per heavy atom. The van der Waals surface area contributed by atoms with Gasteiger partial charge in [0.05, 0.1) is 19.6 Å². The molecule has 0 amide bonds. The van der Waals surface area contributed by atoms with Crippen molar-refractivity contribution in [1.29, 1.82) is 0 Å². The fraction of sp³-hybridized carbons (Fsp3) is 0.273. The van der Waals surface area contributed by atoms with E-state index in [9.17, 15) is 0 Å². The molecule has 1 aromatic heterocycles. The van der Waals surface area contributed by atoms with Crippen molar-refractivity contribution >= 4 is 0 Å². The van der Waals surface area contributed by atoms with Crippen LogP contribution in [0.2, 0.25) is 0 Å². The van der Waals surface area contributed by atoms with Crippen molar-refractivity contribution in [3.8, 4) is 22.6 Å². The monoisotopic (exact) mass is 349 g/mol. The summed E-state index contributed by atoms with van der Waals surface area (Å²) in [7, 11) is 1.70. The van der Waals surface area contributed by atoms with E-state index in [1.165, 1.54) is 16.7 Å². The molecule has 2 heterocycles. The molecule has 0 bridgehead atoms. The van der Waals surface area contributed by atoms with E-state index in [1.807, 2.05) is 6.07 Å². The van der Waals surface area contributed by atoms with Crippen LogP contribution in [0.4, 0.5) is 0 Å². The smallest absolute Gasteiger partial charge is 0.165 e. The van der Waals surface area contributed by atoms with E-state index >= 15 is 0 Å². The second-order valence-electron chi connectivity index (χ2n) is 6.67. The van der Waals surface area contributed by atoms with Gasteiger partial charge in [0.1, 0.15) is 6.61 Å². The van der Waals surface area contributed by atoms with E-state index in [4.69, 9.17) is 13.9 Å². The molecular formula is C22H23NO3. The molecule has 0 spiro atoms.